The normalized spacial score (nSPS) is 24.3. The standard InChI is InChI=1S/C9H20N2/c1-3-9(2,10)7-11-8-5-4-6-8/h8,11H,3-7,10H2,1-2H3. The van der Waals surface area contributed by atoms with E-state index in [1.54, 1.807) is 0 Å². The molecule has 0 spiro atoms. The highest BCUT2D eigenvalue weighted by Crippen LogP contribution is 2.18. The highest BCUT2D eigenvalue weighted by molar-refractivity contribution is 4.84. The Hall–Kier alpha value is -0.0800. The van der Waals surface area contributed by atoms with E-state index >= 15 is 0 Å². The average molecular weight is 156 g/mol. The van der Waals surface area contributed by atoms with Gasteiger partial charge in [0.05, 0.1) is 0 Å². The molecule has 0 saturated heterocycles. The van der Waals surface area contributed by atoms with Gasteiger partial charge in [-0.2, -0.15) is 0 Å². The Labute approximate surface area is 69.5 Å². The van der Waals surface area contributed by atoms with Crippen LogP contribution < -0.4 is 11.1 Å². The van der Waals surface area contributed by atoms with Gasteiger partial charge in [0.1, 0.15) is 0 Å². The third-order valence-corrected chi connectivity index (χ3v) is 2.71. The fourth-order valence-electron chi connectivity index (χ4n) is 1.11. The molecular weight excluding hydrogens is 136 g/mol. The van der Waals surface area contributed by atoms with E-state index < -0.39 is 0 Å². The van der Waals surface area contributed by atoms with Crippen molar-refractivity contribution < 1.29 is 0 Å². The van der Waals surface area contributed by atoms with E-state index in [1.807, 2.05) is 0 Å². The molecule has 3 N–H and O–H groups in total. The molecule has 0 aromatic heterocycles. The Morgan fingerprint density at radius 1 is 1.55 bits per heavy atom. The summed E-state index contributed by atoms with van der Waals surface area (Å²) in [4.78, 5) is 0. The molecule has 0 aromatic carbocycles. The Kier molecular flexibility index (Phi) is 2.90. The topological polar surface area (TPSA) is 38.0 Å². The minimum atomic E-state index is -0.00437. The number of hydrogen-bond donors (Lipinski definition) is 2. The van der Waals surface area contributed by atoms with Gasteiger partial charge >= 0.3 is 0 Å². The lowest BCUT2D eigenvalue weighted by molar-refractivity contribution is 0.301. The summed E-state index contributed by atoms with van der Waals surface area (Å²) in [6.07, 6.45) is 5.14. The molecule has 11 heavy (non-hydrogen) atoms. The maximum atomic E-state index is 5.98. The highest BCUT2D eigenvalue weighted by Gasteiger charge is 2.21. The molecule has 1 aliphatic carbocycles. The van der Waals surface area contributed by atoms with Crippen molar-refractivity contribution in [3.8, 4) is 0 Å². The Morgan fingerprint density at radius 2 is 2.18 bits per heavy atom. The van der Waals surface area contributed by atoms with Crippen molar-refractivity contribution in [3.63, 3.8) is 0 Å². The van der Waals surface area contributed by atoms with Crippen molar-refractivity contribution in [1.82, 2.24) is 5.32 Å². The number of nitrogens with one attached hydrogen (secondary N) is 1. The summed E-state index contributed by atoms with van der Waals surface area (Å²) in [6, 6.07) is 0.768. The Bertz CT molecular complexity index is 117. The van der Waals surface area contributed by atoms with Gasteiger partial charge < -0.3 is 11.1 Å². The van der Waals surface area contributed by atoms with Gasteiger partial charge in [-0.05, 0) is 26.2 Å². The van der Waals surface area contributed by atoms with E-state index in [1.165, 1.54) is 19.3 Å². The van der Waals surface area contributed by atoms with Gasteiger partial charge in [-0.25, -0.2) is 0 Å². The van der Waals surface area contributed by atoms with Gasteiger partial charge in [-0.15, -0.1) is 0 Å². The van der Waals surface area contributed by atoms with Crippen LogP contribution in [0.1, 0.15) is 39.5 Å². The van der Waals surface area contributed by atoms with E-state index in [4.69, 9.17) is 5.73 Å². The van der Waals surface area contributed by atoms with Crippen molar-refractivity contribution in [3.05, 3.63) is 0 Å². The van der Waals surface area contributed by atoms with Crippen LogP contribution in [0.25, 0.3) is 0 Å². The van der Waals surface area contributed by atoms with E-state index in [0.717, 1.165) is 19.0 Å². The van der Waals surface area contributed by atoms with Crippen molar-refractivity contribution in [2.45, 2.75) is 51.1 Å². The molecule has 0 radical (unpaired) electrons. The largest absolute Gasteiger partial charge is 0.324 e. The zero-order chi connectivity index (χ0) is 8.32. The molecule has 0 aromatic rings. The van der Waals surface area contributed by atoms with Crippen molar-refractivity contribution in [2.24, 2.45) is 5.73 Å². The van der Waals surface area contributed by atoms with E-state index in [2.05, 4.69) is 19.2 Å². The molecule has 1 atom stereocenters. The molecule has 0 heterocycles. The lowest BCUT2D eigenvalue weighted by Gasteiger charge is -2.31. The molecule has 2 nitrogen and oxygen atoms in total. The molecule has 1 rings (SSSR count). The maximum absolute atomic E-state index is 5.98. The first-order chi connectivity index (χ1) is 5.14. The first-order valence-electron chi connectivity index (χ1n) is 4.66. The molecular formula is C9H20N2. The molecule has 0 bridgehead atoms. The summed E-state index contributed by atoms with van der Waals surface area (Å²) in [5, 5.41) is 3.49. The summed E-state index contributed by atoms with van der Waals surface area (Å²) in [6.45, 7) is 5.22. The van der Waals surface area contributed by atoms with Gasteiger partial charge in [0, 0.05) is 18.1 Å². The van der Waals surface area contributed by atoms with Gasteiger partial charge in [-0.3, -0.25) is 0 Å². The molecule has 1 aliphatic rings. The first-order valence-corrected chi connectivity index (χ1v) is 4.66. The third-order valence-electron chi connectivity index (χ3n) is 2.71. The zero-order valence-corrected chi connectivity index (χ0v) is 7.69. The number of nitrogens with two attached hydrogens (primary N) is 1. The SMILES string of the molecule is CCC(C)(N)CNC1CCC1. The predicted molar refractivity (Wildman–Crippen MR) is 48.5 cm³/mol. The second kappa shape index (κ2) is 3.55. The van der Waals surface area contributed by atoms with Crippen molar-refractivity contribution in [2.75, 3.05) is 6.54 Å². The smallest absolute Gasteiger partial charge is 0.0249 e. The van der Waals surface area contributed by atoms with E-state index in [0.29, 0.717) is 0 Å². The number of hydrogen-bond acceptors (Lipinski definition) is 2. The molecule has 2 heteroatoms. The van der Waals surface area contributed by atoms with E-state index in [-0.39, 0.29) is 5.54 Å². The van der Waals surface area contributed by atoms with Crippen LogP contribution in [-0.2, 0) is 0 Å². The zero-order valence-electron chi connectivity index (χ0n) is 7.69. The highest BCUT2D eigenvalue weighted by atomic mass is 15.0. The van der Waals surface area contributed by atoms with Crippen LogP contribution in [0.2, 0.25) is 0 Å². The summed E-state index contributed by atoms with van der Waals surface area (Å²) >= 11 is 0. The van der Waals surface area contributed by atoms with Crippen LogP contribution in [0.15, 0.2) is 0 Å². The minimum Gasteiger partial charge on any atom is -0.324 e. The second-order valence-electron chi connectivity index (χ2n) is 4.02. The van der Waals surface area contributed by atoms with Crippen molar-refractivity contribution >= 4 is 0 Å². The lowest BCUT2D eigenvalue weighted by atomic mass is 9.91. The molecule has 1 unspecified atom stereocenters. The fraction of sp³-hybridized carbons (Fsp3) is 1.00. The van der Waals surface area contributed by atoms with Gasteiger partial charge in [0.25, 0.3) is 0 Å². The summed E-state index contributed by atoms with van der Waals surface area (Å²) in [7, 11) is 0. The molecule has 1 fully saturated rings. The summed E-state index contributed by atoms with van der Waals surface area (Å²) < 4.78 is 0. The summed E-state index contributed by atoms with van der Waals surface area (Å²) in [5.74, 6) is 0. The van der Waals surface area contributed by atoms with Crippen molar-refractivity contribution in [1.29, 1.82) is 0 Å². The Morgan fingerprint density at radius 3 is 2.55 bits per heavy atom. The molecule has 0 aliphatic heterocycles. The van der Waals surface area contributed by atoms with Crippen LogP contribution in [0.5, 0.6) is 0 Å². The minimum absolute atomic E-state index is 0.00437. The van der Waals surface area contributed by atoms with Gasteiger partial charge in [0.15, 0.2) is 0 Å². The van der Waals surface area contributed by atoms with Crippen LogP contribution in [-0.4, -0.2) is 18.1 Å². The predicted octanol–water partition coefficient (Wildman–Crippen LogP) is 1.26. The number of rotatable bonds is 4. The van der Waals surface area contributed by atoms with Crippen LogP contribution in [0, 0.1) is 0 Å². The van der Waals surface area contributed by atoms with Gasteiger partial charge in [0.2, 0.25) is 0 Å². The Balaban J connectivity index is 2.09. The molecule has 1 saturated carbocycles. The third kappa shape index (κ3) is 2.80. The maximum Gasteiger partial charge on any atom is 0.0249 e. The van der Waals surface area contributed by atoms with Crippen LogP contribution >= 0.6 is 0 Å². The monoisotopic (exact) mass is 156 g/mol. The van der Waals surface area contributed by atoms with Crippen LogP contribution in [0.3, 0.4) is 0 Å². The summed E-state index contributed by atoms with van der Waals surface area (Å²) in [5.41, 5.74) is 5.98. The quantitative estimate of drug-likeness (QED) is 0.643. The van der Waals surface area contributed by atoms with E-state index in [9.17, 15) is 0 Å². The van der Waals surface area contributed by atoms with Gasteiger partial charge in [-0.1, -0.05) is 13.3 Å². The lowest BCUT2D eigenvalue weighted by Crippen LogP contribution is -2.49. The average Bonchev–Trinajstić information content (AvgIpc) is 1.84. The first kappa shape index (κ1) is 9.01. The molecule has 66 valence electrons. The van der Waals surface area contributed by atoms with Crippen LogP contribution in [0.4, 0.5) is 0 Å². The molecule has 0 amide bonds. The fourth-order valence-corrected chi connectivity index (χ4v) is 1.11. The second-order valence-corrected chi connectivity index (χ2v) is 4.02.